The Balaban J connectivity index is 1.34. The Morgan fingerprint density at radius 2 is 1.74 bits per heavy atom. The van der Waals surface area contributed by atoms with Crippen molar-refractivity contribution >= 4 is 11.8 Å². The molecule has 1 aromatic carbocycles. The first-order valence-electron chi connectivity index (χ1n) is 9.67. The van der Waals surface area contributed by atoms with Crippen molar-refractivity contribution in [1.82, 2.24) is 15.2 Å². The number of carbonyl (C=O) groups excluding carboxylic acids is 2. The summed E-state index contributed by atoms with van der Waals surface area (Å²) in [7, 11) is 0. The lowest BCUT2D eigenvalue weighted by molar-refractivity contribution is -0.134. The average molecular weight is 363 g/mol. The largest absolute Gasteiger partial charge is 0.341 e. The first kappa shape index (κ1) is 17.7. The molecule has 4 rings (SSSR count). The van der Waals surface area contributed by atoms with E-state index in [0.717, 1.165) is 37.1 Å². The van der Waals surface area contributed by atoms with Crippen molar-refractivity contribution in [2.75, 3.05) is 13.1 Å². The van der Waals surface area contributed by atoms with Crippen LogP contribution in [-0.4, -0.2) is 40.8 Å². The predicted octanol–water partition coefficient (Wildman–Crippen LogP) is 3.27. The first-order valence-corrected chi connectivity index (χ1v) is 9.67. The summed E-state index contributed by atoms with van der Waals surface area (Å²) < 4.78 is 0. The highest BCUT2D eigenvalue weighted by Gasteiger charge is 2.45. The molecule has 5 nitrogen and oxygen atoms in total. The maximum atomic E-state index is 12.6. The average Bonchev–Trinajstić information content (AvgIpc) is 3.47. The second-order valence-corrected chi connectivity index (χ2v) is 7.84. The van der Waals surface area contributed by atoms with Gasteiger partial charge in [-0.05, 0) is 67.3 Å². The molecule has 1 N–H and O–H groups in total. The van der Waals surface area contributed by atoms with E-state index in [4.69, 9.17) is 0 Å². The van der Waals surface area contributed by atoms with Crippen LogP contribution in [0.5, 0.6) is 0 Å². The van der Waals surface area contributed by atoms with Gasteiger partial charge in [0, 0.05) is 31.0 Å². The van der Waals surface area contributed by atoms with Gasteiger partial charge in [0.1, 0.15) is 6.04 Å². The summed E-state index contributed by atoms with van der Waals surface area (Å²) in [6.45, 7) is 3.41. The number of hydrogen-bond acceptors (Lipinski definition) is 3. The highest BCUT2D eigenvalue weighted by Crippen LogP contribution is 2.53. The number of benzene rings is 1. The minimum atomic E-state index is -0.510. The summed E-state index contributed by atoms with van der Waals surface area (Å²) >= 11 is 0. The lowest BCUT2D eigenvalue weighted by Crippen LogP contribution is -2.49. The molecule has 140 valence electrons. The van der Waals surface area contributed by atoms with E-state index >= 15 is 0 Å². The van der Waals surface area contributed by atoms with Crippen LogP contribution in [0.15, 0.2) is 48.8 Å². The molecule has 1 atom stereocenters. The van der Waals surface area contributed by atoms with Crippen molar-refractivity contribution < 1.29 is 9.59 Å². The molecule has 5 heteroatoms. The van der Waals surface area contributed by atoms with Gasteiger partial charge in [0.05, 0.1) is 0 Å². The normalized spacial score (nSPS) is 18.8. The van der Waals surface area contributed by atoms with Crippen LogP contribution >= 0.6 is 0 Å². The summed E-state index contributed by atoms with van der Waals surface area (Å²) in [4.78, 5) is 31.2. The molecule has 1 saturated heterocycles. The number of carbonyl (C=O) groups is 2. The van der Waals surface area contributed by atoms with Crippen LogP contribution in [0, 0.1) is 5.41 Å². The van der Waals surface area contributed by atoms with Gasteiger partial charge in [-0.25, -0.2) is 0 Å². The lowest BCUT2D eigenvalue weighted by atomic mass is 9.93. The molecule has 1 aromatic heterocycles. The van der Waals surface area contributed by atoms with E-state index < -0.39 is 6.04 Å². The fraction of sp³-hybridized carbons (Fsp3) is 0.409. The molecule has 1 spiro atoms. The van der Waals surface area contributed by atoms with Gasteiger partial charge in [0.2, 0.25) is 5.91 Å². The zero-order valence-corrected chi connectivity index (χ0v) is 15.6. The molecule has 0 unspecified atom stereocenters. The zero-order valence-electron chi connectivity index (χ0n) is 15.6. The molecule has 1 aliphatic heterocycles. The van der Waals surface area contributed by atoms with Gasteiger partial charge in [0.25, 0.3) is 5.91 Å². The second-order valence-electron chi connectivity index (χ2n) is 7.84. The van der Waals surface area contributed by atoms with Crippen molar-refractivity contribution in [3.05, 3.63) is 54.4 Å². The summed E-state index contributed by atoms with van der Waals surface area (Å²) in [5.74, 6) is -0.199. The molecule has 27 heavy (non-hydrogen) atoms. The molecule has 2 heterocycles. The third-order valence-electron chi connectivity index (χ3n) is 5.95. The van der Waals surface area contributed by atoms with Crippen LogP contribution in [0.25, 0.3) is 11.1 Å². The summed E-state index contributed by atoms with van der Waals surface area (Å²) in [6.07, 6.45) is 8.37. The smallest absolute Gasteiger partial charge is 0.251 e. The van der Waals surface area contributed by atoms with Crippen LogP contribution in [0.1, 0.15) is 43.0 Å². The van der Waals surface area contributed by atoms with Gasteiger partial charge in [-0.15, -0.1) is 0 Å². The molecule has 0 radical (unpaired) electrons. The van der Waals surface area contributed by atoms with Crippen LogP contribution in [0.2, 0.25) is 0 Å². The molecule has 2 amide bonds. The Bertz CT molecular complexity index is 818. The molecule has 0 bridgehead atoms. The molecule has 1 aliphatic carbocycles. The topological polar surface area (TPSA) is 62.3 Å². The van der Waals surface area contributed by atoms with Crippen LogP contribution in [0.3, 0.4) is 0 Å². The molecule has 2 fully saturated rings. The Morgan fingerprint density at radius 3 is 2.33 bits per heavy atom. The van der Waals surface area contributed by atoms with Gasteiger partial charge >= 0.3 is 0 Å². The monoisotopic (exact) mass is 363 g/mol. The van der Waals surface area contributed by atoms with Gasteiger partial charge in [0.15, 0.2) is 0 Å². The lowest BCUT2D eigenvalue weighted by Gasteiger charge is -2.33. The number of hydrogen-bond donors (Lipinski definition) is 1. The molecular weight excluding hydrogens is 338 g/mol. The number of pyridine rings is 1. The summed E-state index contributed by atoms with van der Waals surface area (Å²) in [5.41, 5.74) is 3.11. The molecule has 2 aliphatic rings. The van der Waals surface area contributed by atoms with E-state index in [1.807, 2.05) is 29.2 Å². The van der Waals surface area contributed by atoms with Crippen molar-refractivity contribution in [2.24, 2.45) is 5.41 Å². The van der Waals surface area contributed by atoms with E-state index in [2.05, 4.69) is 10.3 Å². The van der Waals surface area contributed by atoms with Crippen LogP contribution in [0.4, 0.5) is 0 Å². The Kier molecular flexibility index (Phi) is 4.68. The van der Waals surface area contributed by atoms with E-state index in [-0.39, 0.29) is 11.8 Å². The minimum absolute atomic E-state index is 0.0193. The quantitative estimate of drug-likeness (QED) is 0.907. The molecule has 1 saturated carbocycles. The van der Waals surface area contributed by atoms with E-state index in [1.165, 1.54) is 12.8 Å². The fourth-order valence-corrected chi connectivity index (χ4v) is 3.84. The van der Waals surface area contributed by atoms with E-state index in [1.54, 1.807) is 31.5 Å². The maximum absolute atomic E-state index is 12.6. The highest BCUT2D eigenvalue weighted by molar-refractivity contribution is 5.97. The number of rotatable bonds is 4. The number of nitrogens with one attached hydrogen (secondary N) is 1. The Hall–Kier alpha value is -2.69. The number of likely N-dealkylation sites (tertiary alicyclic amines) is 1. The predicted molar refractivity (Wildman–Crippen MR) is 104 cm³/mol. The highest BCUT2D eigenvalue weighted by atomic mass is 16.2. The van der Waals surface area contributed by atoms with Crippen molar-refractivity contribution in [3.63, 3.8) is 0 Å². The van der Waals surface area contributed by atoms with Crippen LogP contribution in [-0.2, 0) is 4.79 Å². The minimum Gasteiger partial charge on any atom is -0.341 e. The Morgan fingerprint density at radius 1 is 1.04 bits per heavy atom. The van der Waals surface area contributed by atoms with Gasteiger partial charge < -0.3 is 10.2 Å². The number of aromatic nitrogens is 1. The van der Waals surface area contributed by atoms with Crippen molar-refractivity contribution in [2.45, 2.75) is 38.6 Å². The van der Waals surface area contributed by atoms with E-state index in [9.17, 15) is 9.59 Å². The third kappa shape index (κ3) is 3.87. The molecule has 2 aromatic rings. The maximum Gasteiger partial charge on any atom is 0.251 e. The number of piperidine rings is 1. The van der Waals surface area contributed by atoms with Crippen molar-refractivity contribution in [3.8, 4) is 11.1 Å². The zero-order chi connectivity index (χ0) is 18.9. The summed E-state index contributed by atoms with van der Waals surface area (Å²) in [5, 5.41) is 2.85. The van der Waals surface area contributed by atoms with Gasteiger partial charge in [-0.1, -0.05) is 18.2 Å². The number of amides is 2. The third-order valence-corrected chi connectivity index (χ3v) is 5.95. The van der Waals surface area contributed by atoms with Crippen molar-refractivity contribution in [1.29, 1.82) is 0 Å². The SMILES string of the molecule is C[C@@H](NC(=O)c1ccc(-c2cccnc2)cc1)C(=O)N1CCC2(CC1)CC2. The number of nitrogens with zero attached hydrogens (tertiary/aromatic N) is 2. The summed E-state index contributed by atoms with van der Waals surface area (Å²) in [6, 6.07) is 10.7. The Labute approximate surface area is 159 Å². The molecular formula is C22H25N3O2. The van der Waals surface area contributed by atoms with Crippen LogP contribution < -0.4 is 5.32 Å². The second kappa shape index (κ2) is 7.14. The first-order chi connectivity index (χ1) is 13.1. The van der Waals surface area contributed by atoms with Gasteiger partial charge in [-0.3, -0.25) is 14.6 Å². The fourth-order valence-electron chi connectivity index (χ4n) is 3.84. The van der Waals surface area contributed by atoms with E-state index in [0.29, 0.717) is 11.0 Å². The van der Waals surface area contributed by atoms with Gasteiger partial charge in [-0.2, -0.15) is 0 Å². The standard InChI is InChI=1S/C22H25N3O2/c1-16(21(27)25-13-10-22(8-9-22)11-14-25)24-20(26)18-6-4-17(5-7-18)19-3-2-12-23-15-19/h2-7,12,15-16H,8-11,13-14H2,1H3,(H,24,26)/t16-/m1/s1.